The summed E-state index contributed by atoms with van der Waals surface area (Å²) in [6.07, 6.45) is 5.79. The van der Waals surface area contributed by atoms with Crippen molar-refractivity contribution in [2.45, 2.75) is 58.0 Å². The minimum absolute atomic E-state index is 0.105. The number of nitrogens with zero attached hydrogens (tertiary/aromatic N) is 1. The maximum Gasteiger partial charge on any atom is 0.326 e. The van der Waals surface area contributed by atoms with Crippen LogP contribution >= 0.6 is 0 Å². The van der Waals surface area contributed by atoms with E-state index in [4.69, 9.17) is 5.11 Å². The number of aliphatic carboxylic acids is 1. The van der Waals surface area contributed by atoms with E-state index in [-0.39, 0.29) is 11.9 Å². The lowest BCUT2D eigenvalue weighted by Crippen LogP contribution is -2.52. The summed E-state index contributed by atoms with van der Waals surface area (Å²) in [5, 5.41) is 11.8. The number of hydrogen-bond donors (Lipinski definition) is 2. The molecule has 0 radical (unpaired) electrons. The minimum atomic E-state index is -0.956. The molecule has 2 fully saturated rings. The average molecular weight is 268 g/mol. The van der Waals surface area contributed by atoms with Gasteiger partial charge in [0, 0.05) is 12.6 Å². The van der Waals surface area contributed by atoms with Crippen molar-refractivity contribution in [3.63, 3.8) is 0 Å². The van der Waals surface area contributed by atoms with Crippen LogP contribution < -0.4 is 5.32 Å². The first-order valence-corrected chi connectivity index (χ1v) is 7.30. The first-order valence-electron chi connectivity index (χ1n) is 7.30. The van der Waals surface area contributed by atoms with Crippen molar-refractivity contribution < 1.29 is 14.7 Å². The Morgan fingerprint density at radius 2 is 1.89 bits per heavy atom. The number of urea groups is 1. The van der Waals surface area contributed by atoms with Crippen LogP contribution in [0.1, 0.15) is 46.0 Å². The molecule has 5 heteroatoms. The molecule has 19 heavy (non-hydrogen) atoms. The van der Waals surface area contributed by atoms with Crippen molar-refractivity contribution >= 4 is 12.0 Å². The highest BCUT2D eigenvalue weighted by molar-refractivity contribution is 5.83. The zero-order valence-corrected chi connectivity index (χ0v) is 11.8. The van der Waals surface area contributed by atoms with Crippen molar-refractivity contribution in [3.8, 4) is 0 Å². The fourth-order valence-electron chi connectivity index (χ4n) is 3.39. The van der Waals surface area contributed by atoms with Gasteiger partial charge in [0.25, 0.3) is 0 Å². The molecule has 0 spiro atoms. The lowest BCUT2D eigenvalue weighted by atomic mass is 9.85. The second-order valence-electron chi connectivity index (χ2n) is 6.10. The molecule has 1 aliphatic heterocycles. The van der Waals surface area contributed by atoms with Crippen LogP contribution in [0.3, 0.4) is 0 Å². The van der Waals surface area contributed by atoms with Gasteiger partial charge in [-0.3, -0.25) is 0 Å². The van der Waals surface area contributed by atoms with Gasteiger partial charge in [0.2, 0.25) is 0 Å². The van der Waals surface area contributed by atoms with Crippen molar-refractivity contribution in [3.05, 3.63) is 0 Å². The Bertz CT molecular complexity index is 357. The smallest absolute Gasteiger partial charge is 0.326 e. The van der Waals surface area contributed by atoms with E-state index in [9.17, 15) is 9.59 Å². The Labute approximate surface area is 114 Å². The van der Waals surface area contributed by atoms with E-state index < -0.39 is 12.0 Å². The molecule has 1 saturated heterocycles. The molecule has 3 unspecified atom stereocenters. The van der Waals surface area contributed by atoms with Crippen molar-refractivity contribution in [1.82, 2.24) is 10.2 Å². The van der Waals surface area contributed by atoms with Gasteiger partial charge in [0.05, 0.1) is 0 Å². The van der Waals surface area contributed by atoms with Gasteiger partial charge in [-0.25, -0.2) is 9.59 Å². The molecular weight excluding hydrogens is 244 g/mol. The highest BCUT2D eigenvalue weighted by Crippen LogP contribution is 2.36. The van der Waals surface area contributed by atoms with Gasteiger partial charge in [-0.15, -0.1) is 0 Å². The van der Waals surface area contributed by atoms with Crippen LogP contribution in [0.4, 0.5) is 4.79 Å². The number of carbonyl (C=O) groups excluding carboxylic acids is 1. The van der Waals surface area contributed by atoms with E-state index >= 15 is 0 Å². The van der Waals surface area contributed by atoms with Gasteiger partial charge < -0.3 is 15.3 Å². The van der Waals surface area contributed by atoms with Gasteiger partial charge in [0.1, 0.15) is 6.04 Å². The largest absolute Gasteiger partial charge is 0.480 e. The molecule has 2 rings (SSSR count). The summed E-state index contributed by atoms with van der Waals surface area (Å²) in [6.45, 7) is 4.39. The minimum Gasteiger partial charge on any atom is -0.480 e. The van der Waals surface area contributed by atoms with Crippen molar-refractivity contribution in [2.75, 3.05) is 6.54 Å². The van der Waals surface area contributed by atoms with Crippen LogP contribution in [0.15, 0.2) is 0 Å². The van der Waals surface area contributed by atoms with Crippen LogP contribution in [0.25, 0.3) is 0 Å². The first kappa shape index (κ1) is 14.2. The van der Waals surface area contributed by atoms with E-state index in [1.807, 2.05) is 18.7 Å². The molecule has 0 bridgehead atoms. The number of fused-ring (bicyclic) bond motifs is 1. The maximum absolute atomic E-state index is 12.3. The van der Waals surface area contributed by atoms with Crippen molar-refractivity contribution in [1.29, 1.82) is 0 Å². The number of carboxylic acid groups (broad SMARTS) is 1. The average Bonchev–Trinajstić information content (AvgIpc) is 2.78. The fourth-order valence-corrected chi connectivity index (χ4v) is 3.39. The zero-order valence-electron chi connectivity index (χ0n) is 11.8. The van der Waals surface area contributed by atoms with Crippen LogP contribution in [0, 0.1) is 11.8 Å². The number of carbonyl (C=O) groups is 2. The predicted octanol–water partition coefficient (Wildman–Crippen LogP) is 2.07. The summed E-state index contributed by atoms with van der Waals surface area (Å²) in [7, 11) is 0. The molecule has 0 aromatic carbocycles. The molecule has 2 amide bonds. The summed E-state index contributed by atoms with van der Waals surface area (Å²) in [6, 6.07) is -0.666. The Kier molecular flexibility index (Phi) is 4.32. The number of likely N-dealkylation sites (tertiary alicyclic amines) is 1. The summed E-state index contributed by atoms with van der Waals surface area (Å²) >= 11 is 0. The van der Waals surface area contributed by atoms with Crippen molar-refractivity contribution in [2.24, 2.45) is 11.8 Å². The van der Waals surface area contributed by atoms with Gasteiger partial charge in [-0.05, 0) is 31.1 Å². The Hall–Kier alpha value is -1.26. The third kappa shape index (κ3) is 3.01. The van der Waals surface area contributed by atoms with E-state index in [1.54, 1.807) is 0 Å². The molecule has 1 saturated carbocycles. The molecule has 1 heterocycles. The van der Waals surface area contributed by atoms with E-state index in [0.717, 1.165) is 19.4 Å². The number of hydrogen-bond acceptors (Lipinski definition) is 2. The summed E-state index contributed by atoms with van der Waals surface area (Å²) in [4.78, 5) is 25.3. The van der Waals surface area contributed by atoms with Crippen LogP contribution in [0.2, 0.25) is 0 Å². The lowest BCUT2D eigenvalue weighted by Gasteiger charge is -2.32. The van der Waals surface area contributed by atoms with Crippen LogP contribution in [-0.2, 0) is 4.79 Å². The quantitative estimate of drug-likeness (QED) is 0.823. The molecule has 1 aliphatic carbocycles. The topological polar surface area (TPSA) is 69.6 Å². The first-order chi connectivity index (χ1) is 9.00. The Morgan fingerprint density at radius 1 is 1.21 bits per heavy atom. The lowest BCUT2D eigenvalue weighted by molar-refractivity contribution is -0.140. The molecule has 0 aromatic heterocycles. The van der Waals surface area contributed by atoms with Gasteiger partial charge in [-0.1, -0.05) is 26.7 Å². The van der Waals surface area contributed by atoms with E-state index in [0.29, 0.717) is 12.0 Å². The van der Waals surface area contributed by atoms with Gasteiger partial charge in [0.15, 0.2) is 0 Å². The fraction of sp³-hybridized carbons (Fsp3) is 0.857. The zero-order chi connectivity index (χ0) is 14.0. The molecule has 2 aliphatic rings. The number of carboxylic acids is 1. The molecule has 3 atom stereocenters. The monoisotopic (exact) mass is 268 g/mol. The third-order valence-electron chi connectivity index (χ3n) is 4.48. The second-order valence-corrected chi connectivity index (χ2v) is 6.10. The summed E-state index contributed by atoms with van der Waals surface area (Å²) in [5.74, 6) is -0.434. The highest BCUT2D eigenvalue weighted by atomic mass is 16.4. The summed E-state index contributed by atoms with van der Waals surface area (Å²) in [5.41, 5.74) is 0. The van der Waals surface area contributed by atoms with Gasteiger partial charge in [-0.2, -0.15) is 0 Å². The molecular formula is C14H24N2O3. The highest BCUT2D eigenvalue weighted by Gasteiger charge is 2.39. The normalized spacial score (nSPS) is 28.1. The Morgan fingerprint density at radius 3 is 2.53 bits per heavy atom. The molecule has 108 valence electrons. The molecule has 0 aromatic rings. The van der Waals surface area contributed by atoms with Gasteiger partial charge >= 0.3 is 12.0 Å². The van der Waals surface area contributed by atoms with E-state index in [2.05, 4.69) is 5.32 Å². The Balaban J connectivity index is 1.98. The second kappa shape index (κ2) is 5.80. The number of nitrogens with one attached hydrogen (secondary N) is 1. The number of amides is 2. The standard InChI is InChI=1S/C14H24N2O3/c1-9(2)12(13(17)18)15-14(19)16-8-7-10-5-3-4-6-11(10)16/h9-12H,3-8H2,1-2H3,(H,15,19)(H,17,18). The third-order valence-corrected chi connectivity index (χ3v) is 4.48. The molecule has 2 N–H and O–H groups in total. The van der Waals surface area contributed by atoms with E-state index in [1.165, 1.54) is 19.3 Å². The van der Waals surface area contributed by atoms with Crippen LogP contribution in [0.5, 0.6) is 0 Å². The predicted molar refractivity (Wildman–Crippen MR) is 71.9 cm³/mol. The van der Waals surface area contributed by atoms with Crippen LogP contribution in [-0.4, -0.2) is 40.6 Å². The number of rotatable bonds is 3. The SMILES string of the molecule is CC(C)C(NC(=O)N1CCC2CCCCC21)C(=O)O. The molecule has 5 nitrogen and oxygen atoms in total. The maximum atomic E-state index is 12.3. The summed E-state index contributed by atoms with van der Waals surface area (Å²) < 4.78 is 0.